The van der Waals surface area contributed by atoms with Crippen LogP contribution in [0.2, 0.25) is 0 Å². The van der Waals surface area contributed by atoms with Crippen molar-refractivity contribution >= 4 is 25.7 Å². The molecule has 0 bridgehead atoms. The van der Waals surface area contributed by atoms with E-state index in [-0.39, 0.29) is 6.61 Å². The summed E-state index contributed by atoms with van der Waals surface area (Å²) >= 11 is 0. The number of carbonyl (C=O) groups excluding carboxylic acids is 3. The Balaban J connectivity index is 0.00000112. The number of phosphoric acid groups is 1. The van der Waals surface area contributed by atoms with E-state index >= 15 is 0 Å². The third-order valence-electron chi connectivity index (χ3n) is 7.58. The predicted molar refractivity (Wildman–Crippen MR) is 171 cm³/mol. The molecular weight excluding hydrogens is 689 g/mol. The van der Waals surface area contributed by atoms with Gasteiger partial charge in [-0.25, -0.2) is 4.57 Å². The molecule has 2 saturated heterocycles. The highest BCUT2D eigenvalue weighted by atomic mass is 31.2. The van der Waals surface area contributed by atoms with Crippen LogP contribution in [0.4, 0.5) is 0 Å². The molecule has 2 unspecified atom stereocenters. The highest BCUT2D eigenvalue weighted by Crippen LogP contribution is 2.47. The number of carbonyl (C=O) groups is 3. The van der Waals surface area contributed by atoms with Gasteiger partial charge in [-0.05, 0) is 25.2 Å². The second-order valence-electron chi connectivity index (χ2n) is 11.2. The van der Waals surface area contributed by atoms with E-state index in [1.165, 1.54) is 19.6 Å². The molecule has 2 aliphatic rings. The van der Waals surface area contributed by atoms with Crippen molar-refractivity contribution in [1.29, 1.82) is 0 Å². The van der Waals surface area contributed by atoms with E-state index in [1.54, 1.807) is 30.3 Å². The van der Waals surface area contributed by atoms with Gasteiger partial charge >= 0.3 is 25.7 Å². The Morgan fingerprint density at radius 3 is 1.78 bits per heavy atom. The smallest absolute Gasteiger partial charge is 0.456 e. The lowest BCUT2D eigenvalue weighted by Crippen LogP contribution is -2.62. The Hall–Kier alpha value is -2.58. The zero-order valence-corrected chi connectivity index (χ0v) is 29.8. The summed E-state index contributed by atoms with van der Waals surface area (Å²) in [7, 11) is -5.19. The van der Waals surface area contributed by atoms with Crippen LogP contribution in [0.3, 0.4) is 0 Å². The molecule has 2 aliphatic heterocycles. The first-order valence-electron chi connectivity index (χ1n) is 16.1. The van der Waals surface area contributed by atoms with Gasteiger partial charge in [0.2, 0.25) is 0 Å². The van der Waals surface area contributed by atoms with Crippen LogP contribution in [0.15, 0.2) is 30.3 Å². The Kier molecular flexibility index (Phi) is 18.4. The number of esters is 3. The minimum absolute atomic E-state index is 0.0828. The SMILES string of the molecule is CC(=O)O[C@H]1[C@H](OC(C)=O)[C@@H](OC(C)=O)C(OCc2ccccc2)O[C@@H]1COP(=O)(O)O[C@@H]1O[C@H](CO)[C@@H](O)[C@H](O)[C@H]1O.CCN(CC)CC. The van der Waals surface area contributed by atoms with Crippen molar-refractivity contribution in [2.75, 3.05) is 32.8 Å². The Labute approximate surface area is 290 Å². The fourth-order valence-corrected chi connectivity index (χ4v) is 5.86. The summed E-state index contributed by atoms with van der Waals surface area (Å²) in [6.07, 6.45) is -16.7. The van der Waals surface area contributed by atoms with E-state index < -0.39 is 100 Å². The Bertz CT molecular complexity index is 1230. The summed E-state index contributed by atoms with van der Waals surface area (Å²) in [5, 5.41) is 39.3. The molecule has 19 heteroatoms. The number of benzene rings is 1. The summed E-state index contributed by atoms with van der Waals surface area (Å²) < 4.78 is 55.3. The van der Waals surface area contributed by atoms with Crippen molar-refractivity contribution < 1.29 is 81.7 Å². The minimum atomic E-state index is -5.19. The topological polar surface area (TPSA) is 247 Å². The lowest BCUT2D eigenvalue weighted by Gasteiger charge is -2.44. The van der Waals surface area contributed by atoms with Crippen molar-refractivity contribution in [3.05, 3.63) is 35.9 Å². The van der Waals surface area contributed by atoms with Gasteiger partial charge in [0.15, 0.2) is 30.9 Å². The fraction of sp³-hybridized carbons (Fsp3) is 0.710. The predicted octanol–water partition coefficient (Wildman–Crippen LogP) is 0.00480. The molecule has 0 radical (unpaired) electrons. The maximum absolute atomic E-state index is 12.8. The normalized spacial score (nSPS) is 30.7. The zero-order chi connectivity index (χ0) is 37.6. The molecule has 286 valence electrons. The minimum Gasteiger partial charge on any atom is -0.456 e. The van der Waals surface area contributed by atoms with Gasteiger partial charge in [0, 0.05) is 20.8 Å². The van der Waals surface area contributed by atoms with Crippen LogP contribution in [0.1, 0.15) is 47.1 Å². The maximum atomic E-state index is 12.8. The second-order valence-corrected chi connectivity index (χ2v) is 12.7. The highest BCUT2D eigenvalue weighted by molar-refractivity contribution is 7.47. The average Bonchev–Trinajstić information content (AvgIpc) is 3.06. The lowest BCUT2D eigenvalue weighted by molar-refractivity contribution is -0.310. The largest absolute Gasteiger partial charge is 0.474 e. The molecule has 2 heterocycles. The molecule has 18 nitrogen and oxygen atoms in total. The van der Waals surface area contributed by atoms with Crippen LogP contribution >= 0.6 is 7.82 Å². The second kappa shape index (κ2) is 21.1. The van der Waals surface area contributed by atoms with Crippen LogP contribution in [0.5, 0.6) is 0 Å². The van der Waals surface area contributed by atoms with Gasteiger partial charge in [0.05, 0.1) is 19.8 Å². The van der Waals surface area contributed by atoms with Gasteiger partial charge in [0.25, 0.3) is 0 Å². The standard InChI is InChI=1S/C25H35O17P.C6H15N/c1-12(27)37-21-17(11-36-43(33,34)42-24-20(32)19(31)18(30)16(9-26)40-24)41-25(35-10-15-7-5-4-6-8-15)23(39-14(3)29)22(21)38-13(2)28;1-4-7(5-2)6-3/h4-8,16-26,30-32H,9-11H2,1-3H3,(H,33,34);4-6H2,1-3H3/t16-,17-,18-,19+,20-,21-,22+,23-,24+,25?;/m1./s1. The summed E-state index contributed by atoms with van der Waals surface area (Å²) in [5.41, 5.74) is 0.680. The molecule has 0 spiro atoms. The van der Waals surface area contributed by atoms with Gasteiger partial charge in [-0.2, -0.15) is 0 Å². The van der Waals surface area contributed by atoms with Crippen molar-refractivity contribution in [3.63, 3.8) is 0 Å². The van der Waals surface area contributed by atoms with E-state index in [1.807, 2.05) is 0 Å². The van der Waals surface area contributed by atoms with E-state index in [0.29, 0.717) is 5.56 Å². The quantitative estimate of drug-likeness (QED) is 0.0903. The average molecular weight is 740 g/mol. The van der Waals surface area contributed by atoms with Crippen LogP contribution < -0.4 is 0 Å². The molecule has 3 rings (SSSR count). The number of rotatable bonds is 15. The molecule has 1 aromatic rings. The zero-order valence-electron chi connectivity index (χ0n) is 28.9. The van der Waals surface area contributed by atoms with Crippen LogP contribution in [0, 0.1) is 0 Å². The number of phosphoric ester groups is 1. The first kappa shape index (κ1) is 43.6. The van der Waals surface area contributed by atoms with Crippen LogP contribution in [0.25, 0.3) is 0 Å². The van der Waals surface area contributed by atoms with E-state index in [2.05, 4.69) is 25.7 Å². The first-order valence-corrected chi connectivity index (χ1v) is 17.6. The Morgan fingerprint density at radius 1 is 0.760 bits per heavy atom. The third kappa shape index (κ3) is 13.5. The van der Waals surface area contributed by atoms with Gasteiger partial charge in [-0.3, -0.25) is 23.4 Å². The molecule has 1 aromatic carbocycles. The van der Waals surface area contributed by atoms with Gasteiger partial charge < -0.3 is 58.6 Å². The lowest BCUT2D eigenvalue weighted by atomic mass is 9.98. The summed E-state index contributed by atoms with van der Waals surface area (Å²) in [6.45, 7) is 11.5. The number of hydrogen-bond acceptors (Lipinski definition) is 17. The van der Waals surface area contributed by atoms with Crippen molar-refractivity contribution in [1.82, 2.24) is 4.90 Å². The number of ether oxygens (including phenoxy) is 6. The summed E-state index contributed by atoms with van der Waals surface area (Å²) in [6, 6.07) is 8.72. The number of hydrogen-bond donors (Lipinski definition) is 5. The number of aliphatic hydroxyl groups is 4. The van der Waals surface area contributed by atoms with Crippen molar-refractivity contribution in [3.8, 4) is 0 Å². The third-order valence-corrected chi connectivity index (χ3v) is 8.53. The monoisotopic (exact) mass is 739 g/mol. The number of nitrogens with zero attached hydrogens (tertiary/aromatic N) is 1. The van der Waals surface area contributed by atoms with Crippen LogP contribution in [-0.2, 0) is 63.0 Å². The van der Waals surface area contributed by atoms with E-state index in [0.717, 1.165) is 20.8 Å². The summed E-state index contributed by atoms with van der Waals surface area (Å²) in [4.78, 5) is 48.7. The molecule has 0 saturated carbocycles. The molecule has 2 fully saturated rings. The van der Waals surface area contributed by atoms with Gasteiger partial charge in [-0.15, -0.1) is 0 Å². The van der Waals surface area contributed by atoms with Crippen molar-refractivity contribution in [2.24, 2.45) is 0 Å². The molecule has 0 aromatic heterocycles. The van der Waals surface area contributed by atoms with Crippen LogP contribution in [-0.4, -0.2) is 142 Å². The Morgan fingerprint density at radius 2 is 1.28 bits per heavy atom. The number of aliphatic hydroxyl groups excluding tert-OH is 4. The molecule has 11 atom stereocenters. The highest BCUT2D eigenvalue weighted by Gasteiger charge is 2.53. The first-order chi connectivity index (χ1) is 23.6. The van der Waals surface area contributed by atoms with Crippen molar-refractivity contribution in [2.45, 2.75) is 110 Å². The van der Waals surface area contributed by atoms with Gasteiger partial charge in [-0.1, -0.05) is 51.1 Å². The molecular formula is C31H50NO17P. The van der Waals surface area contributed by atoms with E-state index in [4.69, 9.17) is 37.5 Å². The molecule has 0 aliphatic carbocycles. The molecule has 5 N–H and O–H groups in total. The molecule has 0 amide bonds. The molecule has 50 heavy (non-hydrogen) atoms. The van der Waals surface area contributed by atoms with E-state index in [9.17, 15) is 44.3 Å². The summed E-state index contributed by atoms with van der Waals surface area (Å²) in [5.74, 6) is -2.56. The van der Waals surface area contributed by atoms with Gasteiger partial charge in [0.1, 0.15) is 30.5 Å². The maximum Gasteiger partial charge on any atom is 0.474 e. The fourth-order valence-electron chi connectivity index (χ4n) is 5.03.